The van der Waals surface area contributed by atoms with Crippen LogP contribution in [0.3, 0.4) is 0 Å². The smallest absolute Gasteiger partial charge is 0.304 e. The fourth-order valence-corrected chi connectivity index (χ4v) is 3.74. The third kappa shape index (κ3) is 5.08. The molecule has 0 radical (unpaired) electrons. The molecule has 7 heteroatoms. The molecular formula is C12H24N2O4S. The van der Waals surface area contributed by atoms with Crippen molar-refractivity contribution in [2.75, 3.05) is 13.1 Å². The Morgan fingerprint density at radius 2 is 1.79 bits per heavy atom. The van der Waals surface area contributed by atoms with Gasteiger partial charge < -0.3 is 5.11 Å². The monoisotopic (exact) mass is 292 g/mol. The van der Waals surface area contributed by atoms with E-state index < -0.39 is 27.6 Å². The highest BCUT2D eigenvalue weighted by atomic mass is 32.2. The maximum absolute atomic E-state index is 12.2. The summed E-state index contributed by atoms with van der Waals surface area (Å²) in [5.74, 6) is -0.999. The SMILES string of the molecule is CC(C)(C)C(CC(=O)O)NS(=O)(=O)N1CCCCC1. The number of rotatable bonds is 5. The summed E-state index contributed by atoms with van der Waals surface area (Å²) in [5.41, 5.74) is -0.443. The van der Waals surface area contributed by atoms with Gasteiger partial charge in [0.2, 0.25) is 0 Å². The number of carboxylic acids is 1. The zero-order valence-corrected chi connectivity index (χ0v) is 12.7. The summed E-state index contributed by atoms with van der Waals surface area (Å²) in [5, 5.41) is 8.91. The van der Waals surface area contributed by atoms with Crippen molar-refractivity contribution in [3.63, 3.8) is 0 Å². The molecule has 0 bridgehead atoms. The van der Waals surface area contributed by atoms with Gasteiger partial charge in [0.25, 0.3) is 10.2 Å². The minimum absolute atomic E-state index is 0.212. The average Bonchev–Trinajstić information content (AvgIpc) is 2.27. The summed E-state index contributed by atoms with van der Waals surface area (Å²) < 4.78 is 28.5. The topological polar surface area (TPSA) is 86.7 Å². The van der Waals surface area contributed by atoms with Crippen molar-refractivity contribution in [3.8, 4) is 0 Å². The predicted octanol–water partition coefficient (Wildman–Crippen LogP) is 1.20. The molecule has 1 aliphatic rings. The molecule has 1 aliphatic heterocycles. The molecule has 1 unspecified atom stereocenters. The highest BCUT2D eigenvalue weighted by molar-refractivity contribution is 7.87. The first-order chi connectivity index (χ1) is 8.63. The van der Waals surface area contributed by atoms with E-state index in [0.29, 0.717) is 13.1 Å². The van der Waals surface area contributed by atoms with Crippen LogP contribution in [-0.2, 0) is 15.0 Å². The van der Waals surface area contributed by atoms with Crippen LogP contribution in [0.2, 0.25) is 0 Å². The molecule has 0 aromatic heterocycles. The van der Waals surface area contributed by atoms with Crippen molar-refractivity contribution >= 4 is 16.2 Å². The Balaban J connectivity index is 2.79. The molecule has 1 atom stereocenters. The van der Waals surface area contributed by atoms with Crippen molar-refractivity contribution < 1.29 is 18.3 Å². The van der Waals surface area contributed by atoms with Crippen LogP contribution in [0.1, 0.15) is 46.5 Å². The summed E-state index contributed by atoms with van der Waals surface area (Å²) in [6, 6.07) is -0.614. The van der Waals surface area contributed by atoms with Gasteiger partial charge in [-0.25, -0.2) is 0 Å². The third-order valence-corrected chi connectivity index (χ3v) is 5.00. The zero-order valence-electron chi connectivity index (χ0n) is 11.8. The Morgan fingerprint density at radius 1 is 1.26 bits per heavy atom. The molecule has 19 heavy (non-hydrogen) atoms. The maximum atomic E-state index is 12.2. The number of nitrogens with one attached hydrogen (secondary N) is 1. The van der Waals surface area contributed by atoms with Gasteiger partial charge in [-0.15, -0.1) is 0 Å². The lowest BCUT2D eigenvalue weighted by Crippen LogP contribution is -2.51. The van der Waals surface area contributed by atoms with E-state index in [-0.39, 0.29) is 6.42 Å². The van der Waals surface area contributed by atoms with E-state index in [1.54, 1.807) is 0 Å². The van der Waals surface area contributed by atoms with Crippen LogP contribution in [0.15, 0.2) is 0 Å². The molecule has 0 aliphatic carbocycles. The van der Waals surface area contributed by atoms with Crippen LogP contribution in [0.4, 0.5) is 0 Å². The summed E-state index contributed by atoms with van der Waals surface area (Å²) >= 11 is 0. The number of nitrogens with zero attached hydrogens (tertiary/aromatic N) is 1. The van der Waals surface area contributed by atoms with E-state index in [2.05, 4.69) is 4.72 Å². The average molecular weight is 292 g/mol. The van der Waals surface area contributed by atoms with Crippen LogP contribution in [-0.4, -0.2) is 42.9 Å². The van der Waals surface area contributed by atoms with Crippen LogP contribution < -0.4 is 4.72 Å². The maximum Gasteiger partial charge on any atom is 0.304 e. The van der Waals surface area contributed by atoms with E-state index in [0.717, 1.165) is 19.3 Å². The lowest BCUT2D eigenvalue weighted by Gasteiger charge is -2.33. The van der Waals surface area contributed by atoms with Crippen molar-refractivity contribution in [2.45, 2.75) is 52.5 Å². The fraction of sp³-hybridized carbons (Fsp3) is 0.917. The highest BCUT2D eigenvalue weighted by Crippen LogP contribution is 2.23. The summed E-state index contributed by atoms with van der Waals surface area (Å²) in [7, 11) is -3.59. The molecule has 6 nitrogen and oxygen atoms in total. The fourth-order valence-electron chi connectivity index (χ4n) is 2.06. The quantitative estimate of drug-likeness (QED) is 0.797. The van der Waals surface area contributed by atoms with E-state index in [1.165, 1.54) is 4.31 Å². The van der Waals surface area contributed by atoms with Crippen molar-refractivity contribution in [2.24, 2.45) is 5.41 Å². The van der Waals surface area contributed by atoms with Crippen molar-refractivity contribution in [3.05, 3.63) is 0 Å². The second-order valence-corrected chi connectivity index (χ2v) is 7.80. The molecule has 1 rings (SSSR count). The van der Waals surface area contributed by atoms with Gasteiger partial charge in [0, 0.05) is 19.1 Å². The first-order valence-electron chi connectivity index (χ1n) is 6.62. The Hall–Kier alpha value is -0.660. The lowest BCUT2D eigenvalue weighted by atomic mass is 9.85. The Morgan fingerprint density at radius 3 is 2.21 bits per heavy atom. The number of aliphatic carboxylic acids is 1. The molecule has 1 saturated heterocycles. The molecule has 0 saturated carbocycles. The standard InChI is InChI=1S/C12H24N2O4S/c1-12(2,3)10(9-11(15)16)13-19(17,18)14-7-5-4-6-8-14/h10,13H,4-9H2,1-3H3,(H,15,16). The zero-order chi connectivity index (χ0) is 14.7. The first kappa shape index (κ1) is 16.4. The third-order valence-electron chi connectivity index (χ3n) is 3.37. The van der Waals surface area contributed by atoms with Gasteiger partial charge >= 0.3 is 5.97 Å². The van der Waals surface area contributed by atoms with E-state index >= 15 is 0 Å². The van der Waals surface area contributed by atoms with Crippen LogP contribution in [0, 0.1) is 5.41 Å². The molecular weight excluding hydrogens is 268 g/mol. The Kier molecular flexibility index (Phi) is 5.34. The van der Waals surface area contributed by atoms with Gasteiger partial charge in [-0.3, -0.25) is 4.79 Å². The molecule has 0 amide bonds. The van der Waals surface area contributed by atoms with Gasteiger partial charge in [-0.1, -0.05) is 27.2 Å². The summed E-state index contributed by atoms with van der Waals surface area (Å²) in [4.78, 5) is 10.9. The minimum atomic E-state index is -3.59. The van der Waals surface area contributed by atoms with Gasteiger partial charge in [0.05, 0.1) is 6.42 Å². The van der Waals surface area contributed by atoms with Gasteiger partial charge in [-0.05, 0) is 18.3 Å². The molecule has 0 aromatic rings. The van der Waals surface area contributed by atoms with Crippen LogP contribution >= 0.6 is 0 Å². The lowest BCUT2D eigenvalue weighted by molar-refractivity contribution is -0.138. The van der Waals surface area contributed by atoms with Gasteiger partial charge in [-0.2, -0.15) is 17.4 Å². The van der Waals surface area contributed by atoms with E-state index in [1.807, 2.05) is 20.8 Å². The number of hydrogen-bond donors (Lipinski definition) is 2. The molecule has 1 fully saturated rings. The molecule has 2 N–H and O–H groups in total. The number of carbonyl (C=O) groups is 1. The first-order valence-corrected chi connectivity index (χ1v) is 8.06. The largest absolute Gasteiger partial charge is 0.481 e. The molecule has 1 heterocycles. The van der Waals surface area contributed by atoms with E-state index in [4.69, 9.17) is 5.11 Å². The van der Waals surface area contributed by atoms with Crippen LogP contribution in [0.25, 0.3) is 0 Å². The summed E-state index contributed by atoms with van der Waals surface area (Å²) in [6.45, 7) is 6.52. The number of carboxylic acid groups (broad SMARTS) is 1. The van der Waals surface area contributed by atoms with Crippen LogP contribution in [0.5, 0.6) is 0 Å². The van der Waals surface area contributed by atoms with Crippen molar-refractivity contribution in [1.29, 1.82) is 0 Å². The van der Waals surface area contributed by atoms with Gasteiger partial charge in [0.1, 0.15) is 0 Å². The minimum Gasteiger partial charge on any atom is -0.481 e. The second kappa shape index (κ2) is 6.19. The number of piperidine rings is 1. The Bertz CT molecular complexity index is 408. The molecule has 0 spiro atoms. The number of hydrogen-bond acceptors (Lipinski definition) is 3. The van der Waals surface area contributed by atoms with Crippen molar-refractivity contribution in [1.82, 2.24) is 9.03 Å². The van der Waals surface area contributed by atoms with Gasteiger partial charge in [0.15, 0.2) is 0 Å². The second-order valence-electron chi connectivity index (χ2n) is 6.10. The highest BCUT2D eigenvalue weighted by Gasteiger charge is 2.33. The summed E-state index contributed by atoms with van der Waals surface area (Å²) in [6.07, 6.45) is 2.56. The Labute approximate surface area is 115 Å². The predicted molar refractivity (Wildman–Crippen MR) is 73.0 cm³/mol. The normalized spacial score (nSPS) is 20.2. The molecule has 112 valence electrons. The van der Waals surface area contributed by atoms with E-state index in [9.17, 15) is 13.2 Å². The molecule has 0 aromatic carbocycles.